The minimum Gasteiger partial charge on any atom is -0.471 e. The van der Waals surface area contributed by atoms with Gasteiger partial charge in [0.1, 0.15) is 18.3 Å². The molecule has 34 heavy (non-hydrogen) atoms. The predicted octanol–water partition coefficient (Wildman–Crippen LogP) is 3.10. The highest BCUT2D eigenvalue weighted by Crippen LogP contribution is 2.62. The fourth-order valence-electron chi connectivity index (χ4n) is 5.81. The van der Waals surface area contributed by atoms with Crippen molar-refractivity contribution in [2.45, 2.75) is 24.0 Å². The van der Waals surface area contributed by atoms with Crippen molar-refractivity contribution in [3.8, 4) is 23.1 Å². The van der Waals surface area contributed by atoms with Crippen molar-refractivity contribution in [2.24, 2.45) is 11.8 Å². The molecule has 0 N–H and O–H groups in total. The monoisotopic (exact) mass is 456 g/mol. The molecule has 170 valence electrons. The Hall–Kier alpha value is -3.90. The van der Waals surface area contributed by atoms with E-state index in [1.807, 2.05) is 30.5 Å². The Labute approximate surface area is 194 Å². The Morgan fingerprint density at radius 1 is 1.18 bits per heavy atom. The number of nitrogens with zero attached hydrogens (tertiary/aromatic N) is 4. The van der Waals surface area contributed by atoms with E-state index in [1.165, 1.54) is 6.26 Å². The maximum atomic E-state index is 12.6. The van der Waals surface area contributed by atoms with Crippen LogP contribution in [-0.4, -0.2) is 48.2 Å². The Bertz CT molecular complexity index is 1310. The second-order valence-corrected chi connectivity index (χ2v) is 9.22. The smallest absolute Gasteiger partial charge is 0.415 e. The third kappa shape index (κ3) is 2.66. The Morgan fingerprint density at radius 2 is 2.03 bits per heavy atom. The lowest BCUT2D eigenvalue weighted by atomic mass is 9.96. The summed E-state index contributed by atoms with van der Waals surface area (Å²) in [5.41, 5.74) is 4.27. The van der Waals surface area contributed by atoms with E-state index in [9.17, 15) is 10.1 Å². The fraction of sp³-hybridized carbons (Fsp3) is 0.360. The van der Waals surface area contributed by atoms with Gasteiger partial charge in [-0.1, -0.05) is 12.1 Å². The van der Waals surface area contributed by atoms with Crippen LogP contribution in [0.5, 0.6) is 5.88 Å². The molecule has 2 saturated heterocycles. The molecule has 1 amide bonds. The molecule has 4 aliphatic rings. The first-order chi connectivity index (χ1) is 16.7. The maximum Gasteiger partial charge on any atom is 0.415 e. The highest BCUT2D eigenvalue weighted by atomic mass is 16.6. The van der Waals surface area contributed by atoms with E-state index in [1.54, 1.807) is 11.0 Å². The van der Waals surface area contributed by atoms with Gasteiger partial charge in [0.15, 0.2) is 6.10 Å². The summed E-state index contributed by atoms with van der Waals surface area (Å²) in [7, 11) is 0. The Morgan fingerprint density at radius 3 is 2.76 bits per heavy atom. The Kier molecular flexibility index (Phi) is 4.05. The van der Waals surface area contributed by atoms with E-state index < -0.39 is 11.5 Å². The summed E-state index contributed by atoms with van der Waals surface area (Å²) in [6.45, 7) is 1.48. The van der Waals surface area contributed by atoms with Gasteiger partial charge >= 0.3 is 6.09 Å². The van der Waals surface area contributed by atoms with E-state index in [4.69, 9.17) is 18.7 Å². The van der Waals surface area contributed by atoms with Gasteiger partial charge < -0.3 is 18.7 Å². The number of pyridine rings is 1. The quantitative estimate of drug-likeness (QED) is 0.576. The molecule has 0 radical (unpaired) electrons. The van der Waals surface area contributed by atoms with Crippen LogP contribution in [0.3, 0.4) is 0 Å². The molecule has 2 aromatic heterocycles. The zero-order chi connectivity index (χ0) is 22.9. The van der Waals surface area contributed by atoms with Crippen LogP contribution in [0.1, 0.15) is 11.3 Å². The van der Waals surface area contributed by atoms with E-state index >= 15 is 0 Å². The number of rotatable bonds is 5. The number of anilines is 1. The summed E-state index contributed by atoms with van der Waals surface area (Å²) >= 11 is 0. The number of nitriles is 1. The molecule has 1 aliphatic carbocycles. The maximum absolute atomic E-state index is 12.6. The number of hydrogen-bond acceptors (Lipinski definition) is 8. The molecule has 5 heterocycles. The molecule has 0 bridgehead atoms. The molecule has 1 aromatic carbocycles. The Balaban J connectivity index is 1.11. The molecule has 0 spiro atoms. The summed E-state index contributed by atoms with van der Waals surface area (Å²) in [6.07, 6.45) is 3.18. The summed E-state index contributed by atoms with van der Waals surface area (Å²) in [5, 5.41) is 13.5. The van der Waals surface area contributed by atoms with Crippen molar-refractivity contribution in [3.05, 3.63) is 60.1 Å². The van der Waals surface area contributed by atoms with Crippen molar-refractivity contribution in [3.63, 3.8) is 0 Å². The average molecular weight is 456 g/mol. The molecule has 1 saturated carbocycles. The highest BCUT2D eigenvalue weighted by molar-refractivity contribution is 5.94. The van der Waals surface area contributed by atoms with E-state index in [2.05, 4.69) is 22.3 Å². The minimum atomic E-state index is -0.497. The van der Waals surface area contributed by atoms with Crippen LogP contribution in [0.4, 0.5) is 10.5 Å². The lowest BCUT2D eigenvalue weighted by Gasteiger charge is -2.16. The number of carbonyl (C=O) groups excluding carboxylic acids is 1. The molecule has 3 aliphatic heterocycles. The van der Waals surface area contributed by atoms with E-state index in [-0.39, 0.29) is 30.6 Å². The standard InChI is InChI=1S/C25H20N4O5/c26-13-25(17-10-31-11-18(17)25)22-4-2-15(9-27-22)14-1-3-19-16(7-14)8-20-21(34-24(30)29(19)20)12-32-23-5-6-33-28-23/h1-7,9,17-18,20-21H,8,10-12H2/t17-,18+,20-,21-,25?/m0/s1. The van der Waals surface area contributed by atoms with Crippen molar-refractivity contribution in [1.29, 1.82) is 5.26 Å². The predicted molar refractivity (Wildman–Crippen MR) is 117 cm³/mol. The minimum absolute atomic E-state index is 0.128. The topological polar surface area (TPSA) is 111 Å². The van der Waals surface area contributed by atoms with Crippen molar-refractivity contribution < 1.29 is 23.5 Å². The van der Waals surface area contributed by atoms with Crippen molar-refractivity contribution in [2.75, 3.05) is 24.7 Å². The fourth-order valence-corrected chi connectivity index (χ4v) is 5.81. The van der Waals surface area contributed by atoms with E-state index in [0.717, 1.165) is 28.1 Å². The first-order valence-corrected chi connectivity index (χ1v) is 11.3. The molecular formula is C25H20N4O5. The van der Waals surface area contributed by atoms with E-state index in [0.29, 0.717) is 25.5 Å². The highest BCUT2D eigenvalue weighted by Gasteiger charge is 2.70. The third-order valence-electron chi connectivity index (χ3n) is 7.63. The number of carbonyl (C=O) groups is 1. The normalized spacial score (nSPS) is 30.3. The van der Waals surface area contributed by atoms with Crippen LogP contribution in [0.25, 0.3) is 11.1 Å². The zero-order valence-corrected chi connectivity index (χ0v) is 18.1. The molecule has 3 fully saturated rings. The van der Waals surface area contributed by atoms with Crippen LogP contribution < -0.4 is 9.64 Å². The number of fused-ring (bicyclic) bond motifs is 4. The van der Waals surface area contributed by atoms with Gasteiger partial charge in [0, 0.05) is 29.7 Å². The van der Waals surface area contributed by atoms with Gasteiger partial charge in [-0.3, -0.25) is 9.88 Å². The van der Waals surface area contributed by atoms with Crippen LogP contribution in [0.15, 0.2) is 53.4 Å². The van der Waals surface area contributed by atoms with Crippen LogP contribution in [0.2, 0.25) is 0 Å². The summed E-state index contributed by atoms with van der Waals surface area (Å²) in [4.78, 5) is 18.9. The first-order valence-electron chi connectivity index (χ1n) is 11.3. The largest absolute Gasteiger partial charge is 0.471 e. The SMILES string of the molecule is N#CC1(c2ccc(-c3ccc4c(c3)C[C@H]3[C@H](COc5ccon5)OC(=O)N43)cn2)[C@@H]2COC[C@@H]21. The number of benzene rings is 1. The second kappa shape index (κ2) is 7.05. The molecule has 9 nitrogen and oxygen atoms in total. The second-order valence-electron chi connectivity index (χ2n) is 9.22. The van der Waals surface area contributed by atoms with Gasteiger partial charge in [-0.2, -0.15) is 5.26 Å². The summed E-state index contributed by atoms with van der Waals surface area (Å²) in [5.74, 6) is 0.874. The number of hydrogen-bond donors (Lipinski definition) is 0. The molecule has 5 atom stereocenters. The van der Waals surface area contributed by atoms with Crippen LogP contribution in [0, 0.1) is 23.2 Å². The summed E-state index contributed by atoms with van der Waals surface area (Å²) in [6, 6.07) is 14.0. The lowest BCUT2D eigenvalue weighted by Crippen LogP contribution is -2.36. The first kappa shape index (κ1) is 19.6. The van der Waals surface area contributed by atoms with Crippen molar-refractivity contribution >= 4 is 11.8 Å². The molecular weight excluding hydrogens is 436 g/mol. The van der Waals surface area contributed by atoms with Gasteiger partial charge in [-0.15, -0.1) is 0 Å². The number of ether oxygens (including phenoxy) is 3. The van der Waals surface area contributed by atoms with Crippen molar-refractivity contribution in [1.82, 2.24) is 10.1 Å². The summed E-state index contributed by atoms with van der Waals surface area (Å²) < 4.78 is 21.4. The van der Waals surface area contributed by atoms with Gasteiger partial charge in [0.05, 0.1) is 36.7 Å². The van der Waals surface area contributed by atoms with Crippen LogP contribution in [-0.2, 0) is 21.3 Å². The average Bonchev–Trinajstić information content (AvgIpc) is 3.48. The van der Waals surface area contributed by atoms with Crippen LogP contribution >= 0.6 is 0 Å². The third-order valence-corrected chi connectivity index (χ3v) is 7.63. The molecule has 7 rings (SSSR count). The zero-order valence-electron chi connectivity index (χ0n) is 18.1. The molecule has 3 aromatic rings. The van der Waals surface area contributed by atoms with Gasteiger partial charge in [0.25, 0.3) is 5.88 Å². The lowest BCUT2D eigenvalue weighted by molar-refractivity contribution is 0.0886. The van der Waals surface area contributed by atoms with Gasteiger partial charge in [-0.25, -0.2) is 4.79 Å². The molecule has 1 unspecified atom stereocenters. The number of aromatic nitrogens is 2. The number of cyclic esters (lactones) is 1. The van der Waals surface area contributed by atoms with Gasteiger partial charge in [0.2, 0.25) is 0 Å². The molecule has 9 heteroatoms. The van der Waals surface area contributed by atoms with Gasteiger partial charge in [-0.05, 0) is 40.9 Å². The number of amides is 1.